The van der Waals surface area contributed by atoms with Crippen LogP contribution in [0.1, 0.15) is 23.7 Å². The predicted octanol–water partition coefficient (Wildman–Crippen LogP) is 1.99. The lowest BCUT2D eigenvalue weighted by atomic mass is 10.1. The summed E-state index contributed by atoms with van der Waals surface area (Å²) >= 11 is 0. The maximum Gasteiger partial charge on any atom is 0.167 e. The van der Waals surface area contributed by atoms with E-state index < -0.39 is 0 Å². The first-order valence-electron chi connectivity index (χ1n) is 6.86. The Morgan fingerprint density at radius 3 is 2.79 bits per heavy atom. The van der Waals surface area contributed by atoms with Gasteiger partial charge in [-0.05, 0) is 19.1 Å². The van der Waals surface area contributed by atoms with E-state index in [9.17, 15) is 4.79 Å². The van der Waals surface area contributed by atoms with Crippen molar-refractivity contribution in [3.8, 4) is 5.75 Å². The number of hydrogen-bond acceptors (Lipinski definition) is 4. The number of Topliss-reactive ketones (excluding diaryl/α,β-unsaturated/α-hetero) is 1. The van der Waals surface area contributed by atoms with Crippen molar-refractivity contribution in [1.82, 2.24) is 4.90 Å². The second-order valence-electron chi connectivity index (χ2n) is 4.56. The Labute approximate surface area is 114 Å². The van der Waals surface area contributed by atoms with Gasteiger partial charge in [0, 0.05) is 26.1 Å². The van der Waals surface area contributed by atoms with E-state index in [2.05, 4.69) is 4.90 Å². The lowest BCUT2D eigenvalue weighted by Crippen LogP contribution is -2.37. The van der Waals surface area contributed by atoms with Crippen LogP contribution >= 0.6 is 0 Å². The molecule has 0 atom stereocenters. The molecule has 0 N–H and O–H groups in total. The van der Waals surface area contributed by atoms with E-state index in [-0.39, 0.29) is 5.78 Å². The van der Waals surface area contributed by atoms with Crippen molar-refractivity contribution in [1.29, 1.82) is 0 Å². The minimum Gasteiger partial charge on any atom is -0.493 e. The maximum atomic E-state index is 12.2. The number of para-hydroxylation sites is 1. The number of ketones is 1. The van der Waals surface area contributed by atoms with Gasteiger partial charge in [0.25, 0.3) is 0 Å². The van der Waals surface area contributed by atoms with Gasteiger partial charge in [-0.1, -0.05) is 12.1 Å². The van der Waals surface area contributed by atoms with Crippen LogP contribution in [-0.2, 0) is 4.74 Å². The number of ether oxygens (including phenoxy) is 2. The SMILES string of the molecule is CCOc1ccccc1C(=O)CCN1CCOCC1. The summed E-state index contributed by atoms with van der Waals surface area (Å²) in [5.74, 6) is 0.840. The fraction of sp³-hybridized carbons (Fsp3) is 0.533. The van der Waals surface area contributed by atoms with Crippen LogP contribution in [0.15, 0.2) is 24.3 Å². The highest BCUT2D eigenvalue weighted by molar-refractivity contribution is 5.98. The molecule has 1 heterocycles. The minimum absolute atomic E-state index is 0.149. The number of benzene rings is 1. The highest BCUT2D eigenvalue weighted by atomic mass is 16.5. The van der Waals surface area contributed by atoms with E-state index in [0.717, 1.165) is 32.8 Å². The highest BCUT2D eigenvalue weighted by Crippen LogP contribution is 2.19. The van der Waals surface area contributed by atoms with E-state index in [1.807, 2.05) is 31.2 Å². The molecule has 0 radical (unpaired) electrons. The maximum absolute atomic E-state index is 12.2. The quantitative estimate of drug-likeness (QED) is 0.736. The van der Waals surface area contributed by atoms with Gasteiger partial charge in [0.1, 0.15) is 5.75 Å². The molecule has 1 aliphatic rings. The number of rotatable bonds is 6. The van der Waals surface area contributed by atoms with Crippen molar-refractivity contribution in [2.45, 2.75) is 13.3 Å². The Hall–Kier alpha value is -1.39. The zero-order valence-electron chi connectivity index (χ0n) is 11.4. The summed E-state index contributed by atoms with van der Waals surface area (Å²) in [6, 6.07) is 7.46. The van der Waals surface area contributed by atoms with Crippen LogP contribution < -0.4 is 4.74 Å². The van der Waals surface area contributed by atoms with Crippen LogP contribution in [0.3, 0.4) is 0 Å². The Bertz CT molecular complexity index is 414. The van der Waals surface area contributed by atoms with Crippen LogP contribution in [0.25, 0.3) is 0 Å². The molecule has 0 spiro atoms. The molecule has 1 aliphatic heterocycles. The average molecular weight is 263 g/mol. The fourth-order valence-electron chi connectivity index (χ4n) is 2.20. The monoisotopic (exact) mass is 263 g/mol. The zero-order chi connectivity index (χ0) is 13.5. The van der Waals surface area contributed by atoms with Crippen LogP contribution in [0.4, 0.5) is 0 Å². The van der Waals surface area contributed by atoms with E-state index in [1.165, 1.54) is 0 Å². The van der Waals surface area contributed by atoms with Crippen molar-refractivity contribution in [2.24, 2.45) is 0 Å². The molecule has 0 amide bonds. The van der Waals surface area contributed by atoms with Gasteiger partial charge in [-0.3, -0.25) is 9.69 Å². The summed E-state index contributed by atoms with van der Waals surface area (Å²) < 4.78 is 10.8. The summed E-state index contributed by atoms with van der Waals surface area (Å²) in [5, 5.41) is 0. The van der Waals surface area contributed by atoms with E-state index in [0.29, 0.717) is 24.3 Å². The van der Waals surface area contributed by atoms with Gasteiger partial charge in [0.15, 0.2) is 5.78 Å². The zero-order valence-corrected chi connectivity index (χ0v) is 11.4. The van der Waals surface area contributed by atoms with E-state index in [4.69, 9.17) is 9.47 Å². The Kier molecular flexibility index (Phi) is 5.36. The third-order valence-electron chi connectivity index (χ3n) is 3.25. The summed E-state index contributed by atoms with van der Waals surface area (Å²) in [7, 11) is 0. The minimum atomic E-state index is 0.149. The molecular weight excluding hydrogens is 242 g/mol. The molecule has 1 fully saturated rings. The molecule has 0 aliphatic carbocycles. The first kappa shape index (κ1) is 14.0. The number of carbonyl (C=O) groups excluding carboxylic acids is 1. The number of hydrogen-bond donors (Lipinski definition) is 0. The van der Waals surface area contributed by atoms with Gasteiger partial charge in [-0.2, -0.15) is 0 Å². The van der Waals surface area contributed by atoms with Crippen LogP contribution in [0.5, 0.6) is 5.75 Å². The van der Waals surface area contributed by atoms with Crippen molar-refractivity contribution < 1.29 is 14.3 Å². The first-order chi connectivity index (χ1) is 9.31. The highest BCUT2D eigenvalue weighted by Gasteiger charge is 2.15. The number of morpholine rings is 1. The van der Waals surface area contributed by atoms with Crippen molar-refractivity contribution >= 4 is 5.78 Å². The second-order valence-corrected chi connectivity index (χ2v) is 4.56. The molecule has 0 unspecified atom stereocenters. The van der Waals surface area contributed by atoms with Crippen LogP contribution in [0.2, 0.25) is 0 Å². The summed E-state index contributed by atoms with van der Waals surface area (Å²) in [4.78, 5) is 14.5. The third kappa shape index (κ3) is 4.04. The molecule has 1 aromatic rings. The lowest BCUT2D eigenvalue weighted by Gasteiger charge is -2.26. The van der Waals surface area contributed by atoms with Gasteiger partial charge in [0.2, 0.25) is 0 Å². The Balaban J connectivity index is 1.91. The molecule has 4 heteroatoms. The van der Waals surface area contributed by atoms with Gasteiger partial charge >= 0.3 is 0 Å². The standard InChI is InChI=1S/C15H21NO3/c1-2-19-15-6-4-3-5-13(15)14(17)7-8-16-9-11-18-12-10-16/h3-6H,2,7-12H2,1H3. The molecule has 4 nitrogen and oxygen atoms in total. The number of carbonyl (C=O) groups is 1. The van der Waals surface area contributed by atoms with Crippen LogP contribution in [0, 0.1) is 0 Å². The molecule has 19 heavy (non-hydrogen) atoms. The molecule has 2 rings (SSSR count). The predicted molar refractivity (Wildman–Crippen MR) is 73.8 cm³/mol. The second kappa shape index (κ2) is 7.26. The average Bonchev–Trinajstić information content (AvgIpc) is 2.47. The lowest BCUT2D eigenvalue weighted by molar-refractivity contribution is 0.0370. The summed E-state index contributed by atoms with van der Waals surface area (Å²) in [6.45, 7) is 6.67. The van der Waals surface area contributed by atoms with Gasteiger partial charge < -0.3 is 9.47 Å². The largest absolute Gasteiger partial charge is 0.493 e. The van der Waals surface area contributed by atoms with Crippen molar-refractivity contribution in [3.63, 3.8) is 0 Å². The molecule has 104 valence electrons. The molecule has 0 bridgehead atoms. The Morgan fingerprint density at radius 1 is 1.32 bits per heavy atom. The van der Waals surface area contributed by atoms with E-state index >= 15 is 0 Å². The molecular formula is C15H21NO3. The molecule has 0 saturated carbocycles. The van der Waals surface area contributed by atoms with Crippen molar-refractivity contribution in [3.05, 3.63) is 29.8 Å². The third-order valence-corrected chi connectivity index (χ3v) is 3.25. The fourth-order valence-corrected chi connectivity index (χ4v) is 2.20. The molecule has 1 saturated heterocycles. The van der Waals surface area contributed by atoms with Gasteiger partial charge in [-0.25, -0.2) is 0 Å². The van der Waals surface area contributed by atoms with Gasteiger partial charge in [-0.15, -0.1) is 0 Å². The Morgan fingerprint density at radius 2 is 2.05 bits per heavy atom. The topological polar surface area (TPSA) is 38.8 Å². The summed E-state index contributed by atoms with van der Waals surface area (Å²) in [5.41, 5.74) is 0.692. The van der Waals surface area contributed by atoms with E-state index in [1.54, 1.807) is 0 Å². The van der Waals surface area contributed by atoms with Crippen molar-refractivity contribution in [2.75, 3.05) is 39.5 Å². The van der Waals surface area contributed by atoms with Crippen LogP contribution in [-0.4, -0.2) is 50.1 Å². The number of nitrogens with zero attached hydrogens (tertiary/aromatic N) is 1. The smallest absolute Gasteiger partial charge is 0.167 e. The van der Waals surface area contributed by atoms with Gasteiger partial charge in [0.05, 0.1) is 25.4 Å². The molecule has 1 aromatic carbocycles. The summed E-state index contributed by atoms with van der Waals surface area (Å²) in [6.07, 6.45) is 0.532. The first-order valence-corrected chi connectivity index (χ1v) is 6.86. The normalized spacial score (nSPS) is 16.3. The molecule has 0 aromatic heterocycles.